The van der Waals surface area contributed by atoms with E-state index in [1.165, 1.54) is 0 Å². The maximum Gasteiger partial charge on any atom is 0.415 e. The van der Waals surface area contributed by atoms with Crippen molar-refractivity contribution in [1.29, 1.82) is 0 Å². The van der Waals surface area contributed by atoms with E-state index in [0.29, 0.717) is 10.6 Å². The minimum absolute atomic E-state index is 0.439. The van der Waals surface area contributed by atoms with E-state index in [1.807, 2.05) is 25.7 Å². The van der Waals surface area contributed by atoms with E-state index in [4.69, 9.17) is 16.0 Å². The summed E-state index contributed by atoms with van der Waals surface area (Å²) in [5.74, 6) is 0. The van der Waals surface area contributed by atoms with E-state index in [2.05, 4.69) is 0 Å². The molecule has 0 saturated carbocycles. The highest BCUT2D eigenvalue weighted by Gasteiger charge is 2.41. The lowest BCUT2D eigenvalue weighted by Crippen LogP contribution is -2.32. The summed E-state index contributed by atoms with van der Waals surface area (Å²) >= 11 is 6.92. The molecular formula is C19H20ClF3OSSi. The molecule has 0 aliphatic carbocycles. The first-order valence-electron chi connectivity index (χ1n) is 7.98. The first-order valence-corrected chi connectivity index (χ1v) is 12.6. The standard InChI is InChI=1S/C19H20ClF3OSSi/c1-26(2,3)24-18(14-9-11-15(20)12-10-14)17(19(21,22)23)13-25-16-7-5-4-6-8-16/h4-13,18H,1-3H3/b17-13+. The van der Waals surface area contributed by atoms with Crippen LogP contribution in [0.4, 0.5) is 13.2 Å². The molecule has 0 radical (unpaired) electrons. The molecule has 0 aliphatic heterocycles. The second kappa shape index (κ2) is 8.65. The van der Waals surface area contributed by atoms with E-state index in [9.17, 15) is 13.2 Å². The van der Waals surface area contributed by atoms with Gasteiger partial charge >= 0.3 is 6.18 Å². The topological polar surface area (TPSA) is 9.23 Å². The zero-order valence-corrected chi connectivity index (χ0v) is 17.3. The molecule has 0 aliphatic rings. The molecular weight excluding hydrogens is 397 g/mol. The van der Waals surface area contributed by atoms with Crippen LogP contribution in [0.1, 0.15) is 11.7 Å². The Balaban J connectivity index is 2.45. The fourth-order valence-corrected chi connectivity index (χ4v) is 4.14. The molecule has 2 rings (SSSR count). The van der Waals surface area contributed by atoms with Gasteiger partial charge in [-0.05, 0) is 54.9 Å². The second-order valence-corrected chi connectivity index (χ2v) is 12.5. The normalized spacial score (nSPS) is 14.3. The zero-order chi connectivity index (χ0) is 19.4. The summed E-state index contributed by atoms with van der Waals surface area (Å²) in [6.07, 6.45) is -5.69. The first kappa shape index (κ1) is 21.1. The molecule has 0 saturated heterocycles. The largest absolute Gasteiger partial charge is 0.415 e. The summed E-state index contributed by atoms with van der Waals surface area (Å²) in [5.41, 5.74) is -0.273. The van der Waals surface area contributed by atoms with E-state index < -0.39 is 26.2 Å². The van der Waals surface area contributed by atoms with Gasteiger partial charge in [-0.15, -0.1) is 0 Å². The Morgan fingerprint density at radius 3 is 2.12 bits per heavy atom. The van der Waals surface area contributed by atoms with Crippen LogP contribution in [-0.4, -0.2) is 14.5 Å². The van der Waals surface area contributed by atoms with Crippen LogP contribution in [0.5, 0.6) is 0 Å². The van der Waals surface area contributed by atoms with Gasteiger partial charge < -0.3 is 4.43 Å². The van der Waals surface area contributed by atoms with Crippen LogP contribution in [0, 0.1) is 0 Å². The Bertz CT molecular complexity index is 740. The second-order valence-electron chi connectivity index (χ2n) is 6.66. The third kappa shape index (κ3) is 6.50. The summed E-state index contributed by atoms with van der Waals surface area (Å²) in [7, 11) is -2.25. The van der Waals surface area contributed by atoms with Crippen LogP contribution in [0.25, 0.3) is 0 Å². The lowest BCUT2D eigenvalue weighted by atomic mass is 10.0. The lowest BCUT2D eigenvalue weighted by Gasteiger charge is -2.30. The molecule has 140 valence electrons. The molecule has 0 fully saturated rings. The molecule has 26 heavy (non-hydrogen) atoms. The molecule has 1 atom stereocenters. The predicted octanol–water partition coefficient (Wildman–Crippen LogP) is 7.47. The van der Waals surface area contributed by atoms with Gasteiger partial charge in [-0.1, -0.05) is 53.7 Å². The summed E-state index contributed by atoms with van der Waals surface area (Å²) in [6.45, 7) is 5.61. The van der Waals surface area contributed by atoms with E-state index in [-0.39, 0.29) is 0 Å². The van der Waals surface area contributed by atoms with Crippen molar-refractivity contribution in [2.75, 3.05) is 0 Å². The van der Waals surface area contributed by atoms with Gasteiger partial charge in [0.25, 0.3) is 0 Å². The van der Waals surface area contributed by atoms with Gasteiger partial charge in [-0.3, -0.25) is 0 Å². The highest BCUT2D eigenvalue weighted by Crippen LogP contribution is 2.41. The fraction of sp³-hybridized carbons (Fsp3) is 0.263. The molecule has 0 amide bonds. The average Bonchev–Trinajstić information content (AvgIpc) is 2.53. The molecule has 2 aromatic rings. The smallest absolute Gasteiger partial charge is 0.407 e. The van der Waals surface area contributed by atoms with E-state index in [0.717, 1.165) is 22.1 Å². The fourth-order valence-electron chi connectivity index (χ4n) is 2.21. The van der Waals surface area contributed by atoms with Gasteiger partial charge in [0.1, 0.15) is 6.10 Å². The Labute approximate surface area is 162 Å². The van der Waals surface area contributed by atoms with Gasteiger partial charge in [0.05, 0.1) is 5.57 Å². The Morgan fingerprint density at radius 1 is 1.04 bits per heavy atom. The van der Waals surface area contributed by atoms with Gasteiger partial charge in [0, 0.05) is 9.92 Å². The molecule has 0 spiro atoms. The van der Waals surface area contributed by atoms with Crippen LogP contribution in [-0.2, 0) is 4.43 Å². The molecule has 1 nitrogen and oxygen atoms in total. The van der Waals surface area contributed by atoms with Crippen LogP contribution < -0.4 is 0 Å². The molecule has 0 N–H and O–H groups in total. The van der Waals surface area contributed by atoms with Crippen LogP contribution in [0.15, 0.2) is 70.5 Å². The number of thioether (sulfide) groups is 1. The minimum atomic E-state index is -4.51. The maximum absolute atomic E-state index is 13.8. The van der Waals surface area contributed by atoms with Gasteiger partial charge in [-0.25, -0.2) is 0 Å². The Morgan fingerprint density at radius 2 is 1.62 bits per heavy atom. The van der Waals surface area contributed by atoms with Gasteiger partial charge in [-0.2, -0.15) is 13.2 Å². The van der Waals surface area contributed by atoms with Crippen LogP contribution in [0.2, 0.25) is 24.7 Å². The number of hydrogen-bond acceptors (Lipinski definition) is 2. The number of benzene rings is 2. The number of hydrogen-bond donors (Lipinski definition) is 0. The van der Waals surface area contributed by atoms with Gasteiger partial charge in [0.15, 0.2) is 8.32 Å². The van der Waals surface area contributed by atoms with Crippen molar-refractivity contribution in [1.82, 2.24) is 0 Å². The van der Waals surface area contributed by atoms with Crippen LogP contribution >= 0.6 is 23.4 Å². The molecule has 7 heteroatoms. The SMILES string of the molecule is C[Si](C)(C)OC(/C(=C\Sc1ccccc1)C(F)(F)F)c1ccc(Cl)cc1. The third-order valence-corrected chi connectivity index (χ3v) is 5.43. The Hall–Kier alpha value is -1.21. The van der Waals surface area contributed by atoms with Crippen LogP contribution in [0.3, 0.4) is 0 Å². The van der Waals surface area contributed by atoms with Crippen molar-refractivity contribution in [3.63, 3.8) is 0 Å². The summed E-state index contributed by atoms with van der Waals surface area (Å²) < 4.78 is 47.5. The molecule has 0 heterocycles. The van der Waals surface area contributed by atoms with Crippen molar-refractivity contribution >= 4 is 31.7 Å². The molecule has 0 bridgehead atoms. The lowest BCUT2D eigenvalue weighted by molar-refractivity contribution is -0.104. The Kier molecular flexibility index (Phi) is 7.02. The first-order chi connectivity index (χ1) is 12.1. The van der Waals surface area contributed by atoms with Crippen molar-refractivity contribution < 1.29 is 17.6 Å². The predicted molar refractivity (Wildman–Crippen MR) is 105 cm³/mol. The molecule has 1 unspecified atom stereocenters. The van der Waals surface area contributed by atoms with E-state index in [1.54, 1.807) is 48.5 Å². The minimum Gasteiger partial charge on any atom is -0.407 e. The maximum atomic E-state index is 13.8. The monoisotopic (exact) mass is 416 g/mol. The highest BCUT2D eigenvalue weighted by molar-refractivity contribution is 8.02. The molecule has 0 aromatic heterocycles. The summed E-state index contributed by atoms with van der Waals surface area (Å²) in [4.78, 5) is 0.733. The summed E-state index contributed by atoms with van der Waals surface area (Å²) in [6, 6.07) is 15.3. The van der Waals surface area contributed by atoms with Crippen molar-refractivity contribution in [2.24, 2.45) is 0 Å². The number of rotatable bonds is 6. The average molecular weight is 417 g/mol. The number of halogens is 4. The quantitative estimate of drug-likeness (QED) is 0.356. The van der Waals surface area contributed by atoms with Crippen molar-refractivity contribution in [3.8, 4) is 0 Å². The van der Waals surface area contributed by atoms with Crippen molar-refractivity contribution in [2.45, 2.75) is 36.8 Å². The van der Waals surface area contributed by atoms with Gasteiger partial charge in [0.2, 0.25) is 0 Å². The summed E-state index contributed by atoms with van der Waals surface area (Å²) in [5, 5.41) is 1.62. The molecule has 2 aromatic carbocycles. The third-order valence-electron chi connectivity index (χ3n) is 3.32. The number of alkyl halides is 3. The van der Waals surface area contributed by atoms with Crippen molar-refractivity contribution in [3.05, 3.63) is 76.2 Å². The van der Waals surface area contributed by atoms with E-state index >= 15 is 0 Å². The zero-order valence-electron chi connectivity index (χ0n) is 14.7. The highest BCUT2D eigenvalue weighted by atomic mass is 35.5.